The molecule has 0 radical (unpaired) electrons. The molecule has 0 N–H and O–H groups in total. The lowest BCUT2D eigenvalue weighted by Crippen LogP contribution is -2.50. The van der Waals surface area contributed by atoms with E-state index in [0.29, 0.717) is 36.6 Å². The van der Waals surface area contributed by atoms with Crippen LogP contribution in [0, 0.1) is 13.8 Å². The molecule has 10 heteroatoms. The highest BCUT2D eigenvalue weighted by molar-refractivity contribution is 7.89. The zero-order valence-electron chi connectivity index (χ0n) is 15.5. The van der Waals surface area contributed by atoms with E-state index in [-0.39, 0.29) is 23.9 Å². The Bertz CT molecular complexity index is 922. The lowest BCUT2D eigenvalue weighted by Gasteiger charge is -2.33. The summed E-state index contributed by atoms with van der Waals surface area (Å²) in [6.07, 6.45) is 3.13. The first kappa shape index (κ1) is 18.6. The number of carbonyl (C=O) groups is 1. The van der Waals surface area contributed by atoms with Crippen LogP contribution in [0.4, 0.5) is 0 Å². The molecule has 0 aliphatic carbocycles. The third-order valence-corrected chi connectivity index (χ3v) is 6.84. The van der Waals surface area contributed by atoms with Crippen LogP contribution in [0.1, 0.15) is 28.7 Å². The fraction of sp³-hybridized carbons (Fsp3) is 0.562. The van der Waals surface area contributed by atoms with Gasteiger partial charge in [-0.15, -0.1) is 0 Å². The van der Waals surface area contributed by atoms with E-state index in [9.17, 15) is 13.2 Å². The van der Waals surface area contributed by atoms with Crippen molar-refractivity contribution in [2.75, 3.05) is 26.2 Å². The molecule has 0 bridgehead atoms. The SMILES string of the molecule is CCn1cc(C(=O)N2CCN(S(=O)(=O)c3cnn(C)c3C)CC2)c(C)n1. The van der Waals surface area contributed by atoms with Crippen LogP contribution >= 0.6 is 0 Å². The second kappa shape index (κ2) is 6.84. The van der Waals surface area contributed by atoms with E-state index in [0.717, 1.165) is 0 Å². The Morgan fingerprint density at radius 3 is 2.35 bits per heavy atom. The highest BCUT2D eigenvalue weighted by Crippen LogP contribution is 2.21. The molecule has 9 nitrogen and oxygen atoms in total. The van der Waals surface area contributed by atoms with Crippen LogP contribution in [0.2, 0.25) is 0 Å². The Kier molecular flexibility index (Phi) is 4.89. The van der Waals surface area contributed by atoms with E-state index >= 15 is 0 Å². The number of nitrogens with zero attached hydrogens (tertiary/aromatic N) is 6. The molecule has 0 aromatic carbocycles. The fourth-order valence-electron chi connectivity index (χ4n) is 3.06. The number of aryl methyl sites for hydroxylation is 3. The average molecular weight is 380 g/mol. The predicted octanol–water partition coefficient (Wildman–Crippen LogP) is 0.400. The van der Waals surface area contributed by atoms with Crippen molar-refractivity contribution in [1.82, 2.24) is 28.8 Å². The topological polar surface area (TPSA) is 93.3 Å². The monoisotopic (exact) mass is 380 g/mol. The van der Waals surface area contributed by atoms with Crippen molar-refractivity contribution < 1.29 is 13.2 Å². The minimum Gasteiger partial charge on any atom is -0.336 e. The molecule has 0 saturated carbocycles. The van der Waals surface area contributed by atoms with Crippen LogP contribution in [0.5, 0.6) is 0 Å². The molecule has 0 unspecified atom stereocenters. The Labute approximate surface area is 153 Å². The molecule has 1 aliphatic rings. The van der Waals surface area contributed by atoms with E-state index in [1.54, 1.807) is 34.4 Å². The number of sulfonamides is 1. The maximum atomic E-state index is 12.8. The molecule has 0 atom stereocenters. The van der Waals surface area contributed by atoms with Gasteiger partial charge in [-0.05, 0) is 20.8 Å². The smallest absolute Gasteiger partial charge is 0.257 e. The number of amides is 1. The summed E-state index contributed by atoms with van der Waals surface area (Å²) >= 11 is 0. The van der Waals surface area contributed by atoms with Crippen LogP contribution in [-0.4, -0.2) is 69.3 Å². The summed E-state index contributed by atoms with van der Waals surface area (Å²) in [6.45, 7) is 7.45. The van der Waals surface area contributed by atoms with Gasteiger partial charge in [-0.2, -0.15) is 14.5 Å². The Morgan fingerprint density at radius 1 is 1.19 bits per heavy atom. The maximum absolute atomic E-state index is 12.8. The normalized spacial score (nSPS) is 16.2. The molecule has 26 heavy (non-hydrogen) atoms. The number of rotatable bonds is 4. The average Bonchev–Trinajstić information content (AvgIpc) is 3.17. The van der Waals surface area contributed by atoms with Crippen molar-refractivity contribution >= 4 is 15.9 Å². The summed E-state index contributed by atoms with van der Waals surface area (Å²) in [7, 11) is -1.89. The third-order valence-electron chi connectivity index (χ3n) is 4.83. The molecular formula is C16H24N6O3S. The molecule has 2 aromatic rings. The van der Waals surface area contributed by atoms with E-state index in [4.69, 9.17) is 0 Å². The Morgan fingerprint density at radius 2 is 1.85 bits per heavy atom. The van der Waals surface area contributed by atoms with Gasteiger partial charge in [0.1, 0.15) is 4.90 Å². The summed E-state index contributed by atoms with van der Waals surface area (Å²) in [5, 5.41) is 8.32. The van der Waals surface area contributed by atoms with Gasteiger partial charge >= 0.3 is 0 Å². The van der Waals surface area contributed by atoms with Crippen LogP contribution in [0.3, 0.4) is 0 Å². The minimum absolute atomic E-state index is 0.100. The first-order valence-electron chi connectivity index (χ1n) is 8.57. The van der Waals surface area contributed by atoms with E-state index in [1.807, 2.05) is 13.8 Å². The molecule has 3 rings (SSSR count). The summed E-state index contributed by atoms with van der Waals surface area (Å²) in [5.41, 5.74) is 1.87. The lowest BCUT2D eigenvalue weighted by atomic mass is 10.2. The molecule has 1 aliphatic heterocycles. The summed E-state index contributed by atoms with van der Waals surface area (Å²) in [4.78, 5) is 14.6. The van der Waals surface area contributed by atoms with Crippen molar-refractivity contribution in [1.29, 1.82) is 0 Å². The highest BCUT2D eigenvalue weighted by atomic mass is 32.2. The minimum atomic E-state index is -3.60. The molecule has 1 amide bonds. The largest absolute Gasteiger partial charge is 0.336 e. The van der Waals surface area contributed by atoms with Gasteiger partial charge in [0.25, 0.3) is 5.91 Å². The summed E-state index contributed by atoms with van der Waals surface area (Å²) < 4.78 is 30.3. The van der Waals surface area contributed by atoms with Gasteiger partial charge < -0.3 is 4.90 Å². The molecule has 0 spiro atoms. The van der Waals surface area contributed by atoms with Crippen molar-refractivity contribution in [3.63, 3.8) is 0 Å². The van der Waals surface area contributed by atoms with Gasteiger partial charge in [-0.1, -0.05) is 0 Å². The van der Waals surface area contributed by atoms with E-state index in [2.05, 4.69) is 10.2 Å². The number of hydrogen-bond donors (Lipinski definition) is 0. The van der Waals surface area contributed by atoms with Gasteiger partial charge in [-0.25, -0.2) is 8.42 Å². The summed E-state index contributed by atoms with van der Waals surface area (Å²) in [6, 6.07) is 0. The van der Waals surface area contributed by atoms with Crippen molar-refractivity contribution in [3.05, 3.63) is 29.3 Å². The predicted molar refractivity (Wildman–Crippen MR) is 95.2 cm³/mol. The van der Waals surface area contributed by atoms with Gasteiger partial charge in [0.05, 0.1) is 23.1 Å². The Balaban J connectivity index is 1.71. The van der Waals surface area contributed by atoms with Crippen LogP contribution in [0.25, 0.3) is 0 Å². The van der Waals surface area contributed by atoms with Gasteiger partial charge in [0, 0.05) is 46.0 Å². The number of hydrogen-bond acceptors (Lipinski definition) is 5. The van der Waals surface area contributed by atoms with Crippen molar-refractivity contribution in [2.24, 2.45) is 7.05 Å². The number of aromatic nitrogens is 4. The van der Waals surface area contributed by atoms with Gasteiger partial charge in [0.2, 0.25) is 10.0 Å². The molecular weight excluding hydrogens is 356 g/mol. The number of piperazine rings is 1. The maximum Gasteiger partial charge on any atom is 0.257 e. The van der Waals surface area contributed by atoms with Gasteiger partial charge in [-0.3, -0.25) is 14.2 Å². The molecule has 1 saturated heterocycles. The van der Waals surface area contributed by atoms with E-state index in [1.165, 1.54) is 10.5 Å². The first-order chi connectivity index (χ1) is 12.3. The zero-order chi connectivity index (χ0) is 19.1. The van der Waals surface area contributed by atoms with Crippen LogP contribution < -0.4 is 0 Å². The van der Waals surface area contributed by atoms with Crippen molar-refractivity contribution in [3.8, 4) is 0 Å². The third kappa shape index (κ3) is 3.14. The molecule has 3 heterocycles. The lowest BCUT2D eigenvalue weighted by molar-refractivity contribution is 0.0697. The van der Waals surface area contributed by atoms with Crippen LogP contribution in [0.15, 0.2) is 17.3 Å². The standard InChI is InChI=1S/C16H24N6O3S/c1-5-21-11-14(12(2)18-21)16(23)20-6-8-22(9-7-20)26(24,25)15-10-17-19(4)13(15)3/h10-11H,5-9H2,1-4H3. The summed E-state index contributed by atoms with van der Waals surface area (Å²) in [5.74, 6) is -0.100. The second-order valence-corrected chi connectivity index (χ2v) is 8.30. The second-order valence-electron chi connectivity index (χ2n) is 6.40. The molecule has 2 aromatic heterocycles. The quantitative estimate of drug-likeness (QED) is 0.765. The van der Waals surface area contributed by atoms with E-state index < -0.39 is 10.0 Å². The fourth-order valence-corrected chi connectivity index (χ4v) is 4.67. The molecule has 142 valence electrons. The zero-order valence-corrected chi connectivity index (χ0v) is 16.3. The van der Waals surface area contributed by atoms with Gasteiger partial charge in [0.15, 0.2) is 0 Å². The van der Waals surface area contributed by atoms with Crippen molar-refractivity contribution in [2.45, 2.75) is 32.2 Å². The highest BCUT2D eigenvalue weighted by Gasteiger charge is 2.33. The Hall–Kier alpha value is -2.20. The molecule has 1 fully saturated rings. The first-order valence-corrected chi connectivity index (χ1v) is 10.0. The number of carbonyl (C=O) groups excluding carboxylic acids is 1. The van der Waals surface area contributed by atoms with Crippen LogP contribution in [-0.2, 0) is 23.6 Å².